The number of imidazole rings is 1. The minimum absolute atomic E-state index is 0.122. The van der Waals surface area contributed by atoms with Crippen molar-refractivity contribution in [1.29, 1.82) is 0 Å². The van der Waals surface area contributed by atoms with Gasteiger partial charge in [0.2, 0.25) is 0 Å². The SMILES string of the molecule is CCn1cncc1CN1CCC(O)(Cn2c(C(F)(F)F)cc3cccnc32)CC1. The molecule has 29 heavy (non-hydrogen) atoms. The maximum Gasteiger partial charge on any atom is 0.431 e. The van der Waals surface area contributed by atoms with E-state index in [1.165, 1.54) is 6.20 Å². The average Bonchev–Trinajstić information content (AvgIpc) is 3.28. The number of nitrogens with zero attached hydrogens (tertiary/aromatic N) is 5. The number of pyridine rings is 1. The van der Waals surface area contributed by atoms with Crippen LogP contribution in [0.3, 0.4) is 0 Å². The van der Waals surface area contributed by atoms with Crippen molar-refractivity contribution in [2.75, 3.05) is 13.1 Å². The molecule has 0 unspecified atom stereocenters. The van der Waals surface area contributed by atoms with Crippen molar-refractivity contribution >= 4 is 11.0 Å². The first-order valence-corrected chi connectivity index (χ1v) is 9.74. The van der Waals surface area contributed by atoms with Crippen LogP contribution in [0.4, 0.5) is 13.2 Å². The maximum atomic E-state index is 13.6. The van der Waals surface area contributed by atoms with Gasteiger partial charge in [-0.2, -0.15) is 13.2 Å². The molecule has 6 nitrogen and oxygen atoms in total. The molecule has 3 aromatic heterocycles. The fourth-order valence-corrected chi connectivity index (χ4v) is 4.06. The number of hydrogen-bond donors (Lipinski definition) is 1. The van der Waals surface area contributed by atoms with Crippen molar-refractivity contribution in [2.45, 2.75) is 51.2 Å². The molecule has 0 bridgehead atoms. The Hall–Kier alpha value is -2.39. The Bertz CT molecular complexity index is 986. The molecule has 0 aliphatic carbocycles. The molecule has 0 aromatic carbocycles. The monoisotopic (exact) mass is 407 g/mol. The van der Waals surface area contributed by atoms with Crippen LogP contribution in [0.2, 0.25) is 0 Å². The van der Waals surface area contributed by atoms with Crippen LogP contribution >= 0.6 is 0 Å². The zero-order valence-electron chi connectivity index (χ0n) is 16.2. The van der Waals surface area contributed by atoms with Crippen LogP contribution in [0, 0.1) is 0 Å². The minimum Gasteiger partial charge on any atom is -0.388 e. The molecule has 4 rings (SSSR count). The van der Waals surface area contributed by atoms with E-state index in [9.17, 15) is 18.3 Å². The summed E-state index contributed by atoms with van der Waals surface area (Å²) in [5.74, 6) is 0. The lowest BCUT2D eigenvalue weighted by Crippen LogP contribution is -2.47. The summed E-state index contributed by atoms with van der Waals surface area (Å²) in [7, 11) is 0. The number of rotatable bonds is 5. The number of alkyl halides is 3. The van der Waals surface area contributed by atoms with Gasteiger partial charge in [-0.15, -0.1) is 0 Å². The first-order chi connectivity index (χ1) is 13.8. The van der Waals surface area contributed by atoms with Gasteiger partial charge in [0, 0.05) is 44.0 Å². The Labute approximate surface area is 166 Å². The number of fused-ring (bicyclic) bond motifs is 1. The Morgan fingerprint density at radius 2 is 2.00 bits per heavy atom. The highest BCUT2D eigenvalue weighted by molar-refractivity contribution is 5.77. The van der Waals surface area contributed by atoms with Gasteiger partial charge in [-0.3, -0.25) is 4.90 Å². The molecule has 0 radical (unpaired) electrons. The van der Waals surface area contributed by atoms with Crippen molar-refractivity contribution in [3.63, 3.8) is 0 Å². The molecule has 1 N–H and O–H groups in total. The molecule has 3 aromatic rings. The molecule has 0 saturated carbocycles. The Morgan fingerprint density at radius 3 is 2.69 bits per heavy atom. The summed E-state index contributed by atoms with van der Waals surface area (Å²) in [5, 5.41) is 11.5. The van der Waals surface area contributed by atoms with E-state index >= 15 is 0 Å². The van der Waals surface area contributed by atoms with E-state index < -0.39 is 17.5 Å². The third-order valence-corrected chi connectivity index (χ3v) is 5.71. The van der Waals surface area contributed by atoms with Gasteiger partial charge in [-0.05, 0) is 38.0 Å². The second-order valence-electron chi connectivity index (χ2n) is 7.70. The Kier molecular flexibility index (Phi) is 5.12. The first kappa shape index (κ1) is 19.9. The van der Waals surface area contributed by atoms with E-state index in [1.54, 1.807) is 18.5 Å². The molecule has 4 heterocycles. The zero-order valence-corrected chi connectivity index (χ0v) is 16.2. The van der Waals surface area contributed by atoms with Crippen LogP contribution in [0.1, 0.15) is 31.2 Å². The predicted molar refractivity (Wildman–Crippen MR) is 102 cm³/mol. The molecule has 0 atom stereocenters. The first-order valence-electron chi connectivity index (χ1n) is 9.74. The van der Waals surface area contributed by atoms with Gasteiger partial charge in [0.1, 0.15) is 11.3 Å². The number of likely N-dealkylation sites (tertiary alicyclic amines) is 1. The van der Waals surface area contributed by atoms with Crippen LogP contribution in [0.15, 0.2) is 36.9 Å². The fourth-order valence-electron chi connectivity index (χ4n) is 4.06. The molecule has 0 spiro atoms. The summed E-state index contributed by atoms with van der Waals surface area (Å²) < 4.78 is 43.9. The third-order valence-electron chi connectivity index (χ3n) is 5.71. The predicted octanol–water partition coefficient (Wildman–Crippen LogP) is 3.30. The number of hydrogen-bond acceptors (Lipinski definition) is 4. The fraction of sp³-hybridized carbons (Fsp3) is 0.500. The summed E-state index contributed by atoms with van der Waals surface area (Å²) in [5.41, 5.74) is -0.625. The van der Waals surface area contributed by atoms with Gasteiger partial charge in [0.15, 0.2) is 0 Å². The smallest absolute Gasteiger partial charge is 0.388 e. The third kappa shape index (κ3) is 4.02. The van der Waals surface area contributed by atoms with Crippen LogP contribution < -0.4 is 0 Å². The second-order valence-corrected chi connectivity index (χ2v) is 7.70. The van der Waals surface area contributed by atoms with Crippen LogP contribution in [0.5, 0.6) is 0 Å². The van der Waals surface area contributed by atoms with Gasteiger partial charge >= 0.3 is 6.18 Å². The van der Waals surface area contributed by atoms with Crippen molar-refractivity contribution in [1.82, 2.24) is 24.0 Å². The molecule has 1 saturated heterocycles. The van der Waals surface area contributed by atoms with Crippen molar-refractivity contribution in [2.24, 2.45) is 0 Å². The Morgan fingerprint density at radius 1 is 1.24 bits per heavy atom. The zero-order chi connectivity index (χ0) is 20.6. The van der Waals surface area contributed by atoms with Crippen LogP contribution in [0.25, 0.3) is 11.0 Å². The molecule has 0 amide bonds. The number of piperidine rings is 1. The molecule has 1 aliphatic heterocycles. The summed E-state index contributed by atoms with van der Waals surface area (Å²) >= 11 is 0. The van der Waals surface area contributed by atoms with Gasteiger partial charge in [-0.1, -0.05) is 0 Å². The van der Waals surface area contributed by atoms with Crippen molar-refractivity contribution in [3.8, 4) is 0 Å². The number of aliphatic hydroxyl groups is 1. The quantitative estimate of drug-likeness (QED) is 0.705. The molecule has 9 heteroatoms. The standard InChI is InChI=1S/C20H24F3N5O/c1-2-27-14-24-11-16(27)12-26-8-5-19(29,6-9-26)13-28-17(20(21,22)23)10-15-4-3-7-25-18(15)28/h3-4,7,10-11,14,29H,2,5-6,8-9,12-13H2,1H3. The summed E-state index contributed by atoms with van der Waals surface area (Å²) in [6.45, 7) is 4.70. The van der Waals surface area contributed by atoms with E-state index in [4.69, 9.17) is 0 Å². The largest absolute Gasteiger partial charge is 0.431 e. The summed E-state index contributed by atoms with van der Waals surface area (Å²) in [6, 6.07) is 4.32. The van der Waals surface area contributed by atoms with Crippen molar-refractivity contribution < 1.29 is 18.3 Å². The van der Waals surface area contributed by atoms with Gasteiger partial charge < -0.3 is 14.2 Å². The highest BCUT2D eigenvalue weighted by Crippen LogP contribution is 2.36. The average molecular weight is 407 g/mol. The normalized spacial score (nSPS) is 17.8. The Balaban J connectivity index is 1.51. The number of halogens is 3. The second kappa shape index (κ2) is 7.46. The highest BCUT2D eigenvalue weighted by atomic mass is 19.4. The van der Waals surface area contributed by atoms with E-state index in [0.717, 1.165) is 22.9 Å². The highest BCUT2D eigenvalue weighted by Gasteiger charge is 2.39. The molecular formula is C20H24F3N5O. The van der Waals surface area contributed by atoms with Crippen LogP contribution in [-0.2, 0) is 25.8 Å². The topological polar surface area (TPSA) is 59.1 Å². The summed E-state index contributed by atoms with van der Waals surface area (Å²) in [4.78, 5) is 10.5. The van der Waals surface area contributed by atoms with E-state index in [0.29, 0.717) is 37.9 Å². The molecule has 1 aliphatic rings. The van der Waals surface area contributed by atoms with Gasteiger partial charge in [0.05, 0.1) is 24.2 Å². The molecular weight excluding hydrogens is 383 g/mol. The van der Waals surface area contributed by atoms with Crippen molar-refractivity contribution in [3.05, 3.63) is 48.3 Å². The number of aromatic nitrogens is 4. The lowest BCUT2D eigenvalue weighted by molar-refractivity contribution is -0.145. The molecule has 1 fully saturated rings. The lowest BCUT2D eigenvalue weighted by Gasteiger charge is -2.38. The van der Waals surface area contributed by atoms with Gasteiger partial charge in [0.25, 0.3) is 0 Å². The van der Waals surface area contributed by atoms with Crippen LogP contribution in [-0.4, -0.2) is 47.8 Å². The minimum atomic E-state index is -4.50. The summed E-state index contributed by atoms with van der Waals surface area (Å²) in [6.07, 6.45) is 1.39. The lowest BCUT2D eigenvalue weighted by atomic mass is 9.91. The number of aryl methyl sites for hydroxylation is 1. The van der Waals surface area contributed by atoms with E-state index in [-0.39, 0.29) is 12.2 Å². The maximum absolute atomic E-state index is 13.6. The molecule has 156 valence electrons. The van der Waals surface area contributed by atoms with E-state index in [1.807, 2.05) is 13.1 Å². The van der Waals surface area contributed by atoms with E-state index in [2.05, 4.69) is 19.4 Å². The van der Waals surface area contributed by atoms with Gasteiger partial charge in [-0.25, -0.2) is 9.97 Å².